The first-order valence-corrected chi connectivity index (χ1v) is 11.4. The highest BCUT2D eigenvalue weighted by molar-refractivity contribution is 7.84. The van der Waals surface area contributed by atoms with E-state index in [0.717, 1.165) is 20.8 Å². The first kappa shape index (κ1) is 22.4. The van der Waals surface area contributed by atoms with E-state index in [1.807, 2.05) is 31.6 Å². The summed E-state index contributed by atoms with van der Waals surface area (Å²) in [6.45, 7) is 10.1. The Morgan fingerprint density at radius 1 is 1.13 bits per heavy atom. The second-order valence-electron chi connectivity index (χ2n) is 7.02. The zero-order chi connectivity index (χ0) is 22.8. The first-order chi connectivity index (χ1) is 14.7. The predicted octanol–water partition coefficient (Wildman–Crippen LogP) is 4.60. The van der Waals surface area contributed by atoms with Gasteiger partial charge in [0.1, 0.15) is 0 Å². The maximum atomic E-state index is 11.4. The Bertz CT molecular complexity index is 1310. The van der Waals surface area contributed by atoms with Crippen molar-refractivity contribution >= 4 is 32.8 Å². The molecule has 0 saturated heterocycles. The molecule has 4 rings (SSSR count). The van der Waals surface area contributed by atoms with Crippen molar-refractivity contribution in [2.24, 2.45) is 0 Å². The van der Waals surface area contributed by atoms with Gasteiger partial charge in [0.25, 0.3) is 0 Å². The number of anilines is 2. The topological polar surface area (TPSA) is 115 Å². The molecule has 0 atom stereocenters. The fourth-order valence-electron chi connectivity index (χ4n) is 3.06. The Balaban J connectivity index is 0.00000132. The van der Waals surface area contributed by atoms with Gasteiger partial charge in [0.2, 0.25) is 5.95 Å². The Morgan fingerprint density at radius 2 is 1.87 bits per heavy atom. The number of aryl methyl sites for hydroxylation is 1. The number of benzene rings is 1. The Morgan fingerprint density at radius 3 is 2.52 bits per heavy atom. The van der Waals surface area contributed by atoms with Crippen molar-refractivity contribution in [1.82, 2.24) is 23.7 Å². The fraction of sp³-hybridized carbons (Fsp3) is 0.286. The van der Waals surface area contributed by atoms with E-state index >= 15 is 0 Å². The van der Waals surface area contributed by atoms with Crippen LogP contribution in [0.3, 0.4) is 0 Å². The molecule has 0 fully saturated rings. The summed E-state index contributed by atoms with van der Waals surface area (Å²) in [5, 5.41) is 8.16. The van der Waals surface area contributed by atoms with Crippen LogP contribution < -0.4 is 5.32 Å². The summed E-state index contributed by atoms with van der Waals surface area (Å²) < 4.78 is 34.8. The summed E-state index contributed by atoms with van der Waals surface area (Å²) in [5.74, 6) is 0.413. The van der Waals surface area contributed by atoms with Crippen LogP contribution in [0.1, 0.15) is 39.3 Å². The summed E-state index contributed by atoms with van der Waals surface area (Å²) in [6.07, 6.45) is 6.78. The standard InChI is InChI=1S/C19H20N6O3S.C2H6/c1-12(2)24-11-15(10-21-24)18-13(3)9-20-19(23-18)22-16-4-5-17-14(8-16)6-7-25(17)29(26,27)28;1-2/h4-12H,1-3H3,(H,20,22,23)(H,26,27,28);1-2H3. The van der Waals surface area contributed by atoms with Gasteiger partial charge in [-0.3, -0.25) is 9.23 Å². The van der Waals surface area contributed by atoms with Crippen LogP contribution in [0.25, 0.3) is 22.2 Å². The van der Waals surface area contributed by atoms with E-state index in [1.54, 1.807) is 36.7 Å². The minimum absolute atomic E-state index is 0.255. The van der Waals surface area contributed by atoms with Gasteiger partial charge in [-0.1, -0.05) is 13.8 Å². The molecule has 4 aromatic rings. The molecule has 0 aliphatic heterocycles. The molecule has 164 valence electrons. The van der Waals surface area contributed by atoms with E-state index in [4.69, 9.17) is 0 Å². The normalized spacial score (nSPS) is 11.5. The highest BCUT2D eigenvalue weighted by Gasteiger charge is 2.13. The predicted molar refractivity (Wildman–Crippen MR) is 122 cm³/mol. The number of nitrogens with zero attached hydrogens (tertiary/aromatic N) is 5. The third-order valence-corrected chi connectivity index (χ3v) is 5.35. The molecular formula is C21H26N6O3S. The van der Waals surface area contributed by atoms with Crippen LogP contribution in [-0.4, -0.2) is 36.7 Å². The average molecular weight is 443 g/mol. The van der Waals surface area contributed by atoms with Crippen LogP contribution in [0, 0.1) is 6.92 Å². The number of aromatic nitrogens is 5. The SMILES string of the molecule is CC.Cc1cnc(Nc2ccc3c(ccn3S(=O)(=O)O)c2)nc1-c1cnn(C(C)C)c1. The van der Waals surface area contributed by atoms with Gasteiger partial charge >= 0.3 is 10.3 Å². The van der Waals surface area contributed by atoms with Crippen molar-refractivity contribution < 1.29 is 13.0 Å². The molecule has 0 spiro atoms. The van der Waals surface area contributed by atoms with Crippen molar-refractivity contribution in [3.63, 3.8) is 0 Å². The van der Waals surface area contributed by atoms with Crippen LogP contribution in [0.15, 0.2) is 49.1 Å². The number of fused-ring (bicyclic) bond motifs is 1. The van der Waals surface area contributed by atoms with E-state index < -0.39 is 10.3 Å². The zero-order valence-electron chi connectivity index (χ0n) is 18.1. The van der Waals surface area contributed by atoms with Gasteiger partial charge in [-0.2, -0.15) is 13.5 Å². The summed E-state index contributed by atoms with van der Waals surface area (Å²) in [7, 11) is -4.34. The molecule has 3 aromatic heterocycles. The van der Waals surface area contributed by atoms with Crippen molar-refractivity contribution in [2.45, 2.75) is 40.7 Å². The Labute approximate surface area is 181 Å². The molecule has 0 radical (unpaired) electrons. The van der Waals surface area contributed by atoms with E-state index in [2.05, 4.69) is 34.2 Å². The smallest absolute Gasteiger partial charge is 0.324 e. The van der Waals surface area contributed by atoms with Gasteiger partial charge in [0.15, 0.2) is 0 Å². The van der Waals surface area contributed by atoms with Crippen LogP contribution in [0.2, 0.25) is 0 Å². The van der Waals surface area contributed by atoms with Crippen molar-refractivity contribution in [2.75, 3.05) is 5.32 Å². The maximum absolute atomic E-state index is 11.4. The second-order valence-corrected chi connectivity index (χ2v) is 8.31. The van der Waals surface area contributed by atoms with Crippen LogP contribution in [0.5, 0.6) is 0 Å². The van der Waals surface area contributed by atoms with E-state index in [0.29, 0.717) is 22.5 Å². The second kappa shape index (κ2) is 8.86. The molecule has 10 heteroatoms. The van der Waals surface area contributed by atoms with E-state index in [9.17, 15) is 13.0 Å². The molecule has 3 heterocycles. The minimum Gasteiger partial charge on any atom is -0.324 e. The zero-order valence-corrected chi connectivity index (χ0v) is 18.9. The molecule has 0 unspecified atom stereocenters. The van der Waals surface area contributed by atoms with Gasteiger partial charge < -0.3 is 5.32 Å². The van der Waals surface area contributed by atoms with Gasteiger partial charge in [0, 0.05) is 41.3 Å². The summed E-state index contributed by atoms with van der Waals surface area (Å²) in [5.41, 5.74) is 3.69. The summed E-state index contributed by atoms with van der Waals surface area (Å²) in [4.78, 5) is 8.95. The maximum Gasteiger partial charge on any atom is 0.363 e. The molecule has 1 aromatic carbocycles. The molecular weight excluding hydrogens is 416 g/mol. The van der Waals surface area contributed by atoms with Crippen molar-refractivity contribution in [1.29, 1.82) is 0 Å². The van der Waals surface area contributed by atoms with Gasteiger partial charge in [-0.05, 0) is 50.6 Å². The number of hydrogen-bond donors (Lipinski definition) is 2. The number of nitrogens with one attached hydrogen (secondary N) is 1. The average Bonchev–Trinajstić information content (AvgIpc) is 3.38. The monoisotopic (exact) mass is 442 g/mol. The molecule has 0 aliphatic carbocycles. The number of hydrogen-bond acceptors (Lipinski definition) is 6. The lowest BCUT2D eigenvalue weighted by molar-refractivity contribution is 0.474. The van der Waals surface area contributed by atoms with Crippen molar-refractivity contribution in [3.8, 4) is 11.3 Å². The third kappa shape index (κ3) is 4.75. The highest BCUT2D eigenvalue weighted by atomic mass is 32.2. The van der Waals surface area contributed by atoms with E-state index in [-0.39, 0.29) is 6.04 Å². The van der Waals surface area contributed by atoms with Crippen molar-refractivity contribution in [3.05, 3.63) is 54.6 Å². The van der Waals surface area contributed by atoms with Gasteiger partial charge in [-0.15, -0.1) is 0 Å². The van der Waals surface area contributed by atoms with Crippen LogP contribution >= 0.6 is 0 Å². The molecule has 9 nitrogen and oxygen atoms in total. The summed E-state index contributed by atoms with van der Waals surface area (Å²) in [6, 6.07) is 6.93. The largest absolute Gasteiger partial charge is 0.363 e. The number of rotatable bonds is 5. The van der Waals surface area contributed by atoms with Gasteiger partial charge in [-0.25, -0.2) is 13.9 Å². The fourth-order valence-corrected chi connectivity index (χ4v) is 3.69. The van der Waals surface area contributed by atoms with E-state index in [1.165, 1.54) is 6.20 Å². The molecule has 0 bridgehead atoms. The lowest BCUT2D eigenvalue weighted by atomic mass is 10.1. The quantitative estimate of drug-likeness (QED) is 0.434. The Hall–Kier alpha value is -3.24. The molecule has 2 N–H and O–H groups in total. The minimum atomic E-state index is -4.34. The third-order valence-electron chi connectivity index (χ3n) is 4.53. The lowest BCUT2D eigenvalue weighted by Gasteiger charge is -2.09. The first-order valence-electron chi connectivity index (χ1n) is 9.96. The summed E-state index contributed by atoms with van der Waals surface area (Å²) >= 11 is 0. The van der Waals surface area contributed by atoms with Gasteiger partial charge in [0.05, 0.1) is 17.4 Å². The van der Waals surface area contributed by atoms with Crippen LogP contribution in [-0.2, 0) is 10.3 Å². The molecule has 31 heavy (non-hydrogen) atoms. The Kier molecular flexibility index (Phi) is 6.42. The molecule has 0 saturated carbocycles. The van der Waals surface area contributed by atoms with Crippen LogP contribution in [0.4, 0.5) is 11.6 Å². The lowest BCUT2D eigenvalue weighted by Crippen LogP contribution is -2.08. The molecule has 0 aliphatic rings. The molecule has 0 amide bonds. The highest BCUT2D eigenvalue weighted by Crippen LogP contribution is 2.26.